The third kappa shape index (κ3) is 1.56. The molecule has 0 amide bonds. The van der Waals surface area contributed by atoms with Crippen molar-refractivity contribution in [3.8, 4) is 0 Å². The van der Waals surface area contributed by atoms with E-state index in [1.54, 1.807) is 0 Å². The first-order valence-electron chi connectivity index (χ1n) is 6.09. The van der Waals surface area contributed by atoms with Crippen molar-refractivity contribution in [2.75, 3.05) is 0 Å². The van der Waals surface area contributed by atoms with E-state index in [1.165, 1.54) is 19.3 Å². The zero-order valence-electron chi connectivity index (χ0n) is 10.2. The minimum Gasteiger partial charge on any atom is -0.321 e. The van der Waals surface area contributed by atoms with E-state index in [0.717, 1.165) is 16.9 Å². The van der Waals surface area contributed by atoms with Gasteiger partial charge in [0.2, 0.25) is 0 Å². The van der Waals surface area contributed by atoms with Crippen LogP contribution in [0.2, 0.25) is 0 Å². The SMILES string of the molecule is CC(Cl)c1nc2cnccc2n1C1(C)CCC1. The quantitative estimate of drug-likeness (QED) is 0.761. The molecule has 1 aliphatic carbocycles. The minimum absolute atomic E-state index is 0.0696. The van der Waals surface area contributed by atoms with E-state index in [-0.39, 0.29) is 10.9 Å². The van der Waals surface area contributed by atoms with E-state index in [0.29, 0.717) is 0 Å². The number of hydrogen-bond acceptors (Lipinski definition) is 2. The van der Waals surface area contributed by atoms with Crippen LogP contribution >= 0.6 is 11.6 Å². The van der Waals surface area contributed by atoms with Crippen molar-refractivity contribution in [2.45, 2.75) is 44.0 Å². The Labute approximate surface area is 106 Å². The first-order valence-corrected chi connectivity index (χ1v) is 6.52. The molecular weight excluding hydrogens is 234 g/mol. The highest BCUT2D eigenvalue weighted by Crippen LogP contribution is 2.43. The molecule has 0 bridgehead atoms. The van der Waals surface area contributed by atoms with Crippen LogP contribution in [0.3, 0.4) is 0 Å². The molecule has 0 N–H and O–H groups in total. The maximum atomic E-state index is 6.26. The van der Waals surface area contributed by atoms with Gasteiger partial charge in [-0.05, 0) is 39.2 Å². The highest BCUT2D eigenvalue weighted by Gasteiger charge is 2.37. The van der Waals surface area contributed by atoms with E-state index >= 15 is 0 Å². The second kappa shape index (κ2) is 3.70. The molecule has 0 spiro atoms. The van der Waals surface area contributed by atoms with Crippen molar-refractivity contribution in [1.82, 2.24) is 14.5 Å². The van der Waals surface area contributed by atoms with Gasteiger partial charge in [0, 0.05) is 11.7 Å². The summed E-state index contributed by atoms with van der Waals surface area (Å²) in [6.45, 7) is 4.27. The second-order valence-electron chi connectivity index (χ2n) is 5.14. The normalized spacial score (nSPS) is 20.2. The summed E-state index contributed by atoms with van der Waals surface area (Å²) in [7, 11) is 0. The second-order valence-corrected chi connectivity index (χ2v) is 5.79. The fourth-order valence-electron chi connectivity index (χ4n) is 2.70. The van der Waals surface area contributed by atoms with E-state index < -0.39 is 0 Å². The van der Waals surface area contributed by atoms with Crippen molar-refractivity contribution < 1.29 is 0 Å². The number of rotatable bonds is 2. The molecule has 2 aromatic heterocycles. The van der Waals surface area contributed by atoms with E-state index in [9.17, 15) is 0 Å². The van der Waals surface area contributed by atoms with Gasteiger partial charge >= 0.3 is 0 Å². The highest BCUT2D eigenvalue weighted by molar-refractivity contribution is 6.20. The highest BCUT2D eigenvalue weighted by atomic mass is 35.5. The summed E-state index contributed by atoms with van der Waals surface area (Å²) >= 11 is 6.26. The number of pyridine rings is 1. The molecule has 1 atom stereocenters. The lowest BCUT2D eigenvalue weighted by molar-refractivity contribution is 0.169. The standard InChI is InChI=1S/C13H16ClN3/c1-9(14)12-16-10-8-15-7-4-11(10)17(12)13(2)5-3-6-13/h4,7-9H,3,5-6H2,1-2H3. The number of hydrogen-bond donors (Lipinski definition) is 0. The van der Waals surface area contributed by atoms with Crippen LogP contribution in [0.15, 0.2) is 18.5 Å². The Morgan fingerprint density at radius 3 is 2.82 bits per heavy atom. The third-order valence-electron chi connectivity index (χ3n) is 3.81. The van der Waals surface area contributed by atoms with Crippen molar-refractivity contribution in [3.05, 3.63) is 24.3 Å². The summed E-state index contributed by atoms with van der Waals surface area (Å²) in [6.07, 6.45) is 7.34. The molecule has 0 radical (unpaired) electrons. The Hall–Kier alpha value is -1.09. The van der Waals surface area contributed by atoms with Gasteiger partial charge in [-0.15, -0.1) is 11.6 Å². The lowest BCUT2D eigenvalue weighted by atomic mass is 9.78. The van der Waals surface area contributed by atoms with Gasteiger partial charge in [0.15, 0.2) is 0 Å². The molecule has 4 heteroatoms. The summed E-state index contributed by atoms with van der Waals surface area (Å²) in [5.41, 5.74) is 2.29. The van der Waals surface area contributed by atoms with Crippen molar-refractivity contribution in [2.24, 2.45) is 0 Å². The lowest BCUT2D eigenvalue weighted by Gasteiger charge is -2.41. The van der Waals surface area contributed by atoms with Crippen LogP contribution in [-0.4, -0.2) is 14.5 Å². The molecule has 1 unspecified atom stereocenters. The molecule has 1 aliphatic rings. The molecule has 0 aliphatic heterocycles. The summed E-state index contributed by atoms with van der Waals surface area (Å²) in [4.78, 5) is 8.76. The van der Waals surface area contributed by atoms with Gasteiger partial charge < -0.3 is 4.57 Å². The van der Waals surface area contributed by atoms with Crippen LogP contribution in [0.4, 0.5) is 0 Å². The molecule has 90 valence electrons. The Balaban J connectivity index is 2.28. The van der Waals surface area contributed by atoms with Gasteiger partial charge in [-0.25, -0.2) is 4.98 Å². The molecule has 3 rings (SSSR count). The van der Waals surface area contributed by atoms with Crippen LogP contribution in [0, 0.1) is 0 Å². The molecule has 0 saturated heterocycles. The van der Waals surface area contributed by atoms with Gasteiger partial charge in [-0.2, -0.15) is 0 Å². The van der Waals surface area contributed by atoms with Crippen LogP contribution in [0.1, 0.15) is 44.3 Å². The zero-order valence-corrected chi connectivity index (χ0v) is 10.9. The summed E-state index contributed by atoms with van der Waals surface area (Å²) in [6, 6.07) is 2.04. The first-order chi connectivity index (χ1) is 8.12. The van der Waals surface area contributed by atoms with Gasteiger partial charge in [0.1, 0.15) is 11.3 Å². The number of imidazole rings is 1. The fraction of sp³-hybridized carbons (Fsp3) is 0.538. The van der Waals surface area contributed by atoms with Gasteiger partial charge in [-0.1, -0.05) is 0 Å². The predicted octanol–water partition coefficient (Wildman–Crippen LogP) is 3.63. The Morgan fingerprint density at radius 1 is 1.47 bits per heavy atom. The van der Waals surface area contributed by atoms with Crippen LogP contribution in [0.5, 0.6) is 0 Å². The minimum atomic E-state index is -0.0696. The summed E-state index contributed by atoms with van der Waals surface area (Å²) in [5, 5.41) is -0.0696. The van der Waals surface area contributed by atoms with Crippen molar-refractivity contribution >= 4 is 22.6 Å². The number of fused-ring (bicyclic) bond motifs is 1. The van der Waals surface area contributed by atoms with Gasteiger partial charge in [0.05, 0.1) is 17.1 Å². The first kappa shape index (κ1) is 11.0. The van der Waals surface area contributed by atoms with E-state index in [1.807, 2.05) is 25.4 Å². The number of nitrogens with zero attached hydrogens (tertiary/aromatic N) is 3. The molecule has 0 aromatic carbocycles. The molecule has 1 saturated carbocycles. The Kier molecular flexibility index (Phi) is 2.40. The number of aromatic nitrogens is 3. The van der Waals surface area contributed by atoms with E-state index in [4.69, 9.17) is 11.6 Å². The molecule has 3 nitrogen and oxygen atoms in total. The number of halogens is 1. The number of alkyl halides is 1. The van der Waals surface area contributed by atoms with Crippen molar-refractivity contribution in [3.63, 3.8) is 0 Å². The molecule has 17 heavy (non-hydrogen) atoms. The van der Waals surface area contributed by atoms with Crippen LogP contribution < -0.4 is 0 Å². The lowest BCUT2D eigenvalue weighted by Crippen LogP contribution is -2.38. The van der Waals surface area contributed by atoms with Crippen LogP contribution in [-0.2, 0) is 5.54 Å². The van der Waals surface area contributed by atoms with Gasteiger partial charge in [0.25, 0.3) is 0 Å². The average molecular weight is 250 g/mol. The van der Waals surface area contributed by atoms with E-state index in [2.05, 4.69) is 21.5 Å². The smallest absolute Gasteiger partial charge is 0.128 e. The fourth-order valence-corrected chi connectivity index (χ4v) is 2.84. The summed E-state index contributed by atoms with van der Waals surface area (Å²) < 4.78 is 2.32. The summed E-state index contributed by atoms with van der Waals surface area (Å²) in [5.74, 6) is 0.969. The maximum absolute atomic E-state index is 6.26. The van der Waals surface area contributed by atoms with Crippen LogP contribution in [0.25, 0.3) is 11.0 Å². The Morgan fingerprint density at radius 2 is 2.24 bits per heavy atom. The molecule has 2 aromatic rings. The topological polar surface area (TPSA) is 30.7 Å². The maximum Gasteiger partial charge on any atom is 0.128 e. The monoisotopic (exact) mass is 249 g/mol. The average Bonchev–Trinajstić information content (AvgIpc) is 2.65. The van der Waals surface area contributed by atoms with Gasteiger partial charge in [-0.3, -0.25) is 4.98 Å². The predicted molar refractivity (Wildman–Crippen MR) is 69.3 cm³/mol. The molecule has 1 fully saturated rings. The van der Waals surface area contributed by atoms with Crippen molar-refractivity contribution in [1.29, 1.82) is 0 Å². The zero-order chi connectivity index (χ0) is 12.0. The third-order valence-corrected chi connectivity index (χ3v) is 4.00. The molecule has 2 heterocycles. The Bertz CT molecular complexity index is 555. The largest absolute Gasteiger partial charge is 0.321 e. The molecular formula is C13H16ClN3.